The SMILES string of the molecule is O=C(C1C2CC3CC(C2)CC1C3)N1CCN(CCBr)CC1. The predicted molar refractivity (Wildman–Crippen MR) is 87.3 cm³/mol. The van der Waals surface area contributed by atoms with E-state index in [0.717, 1.165) is 61.7 Å². The average molecular weight is 355 g/mol. The van der Waals surface area contributed by atoms with Crippen LogP contribution in [0.1, 0.15) is 32.1 Å². The molecule has 4 heteroatoms. The summed E-state index contributed by atoms with van der Waals surface area (Å²) in [5.74, 6) is 4.30. The van der Waals surface area contributed by atoms with E-state index in [0.29, 0.717) is 11.8 Å². The maximum absolute atomic E-state index is 13.1. The number of rotatable bonds is 3. The second-order valence-corrected chi connectivity index (χ2v) is 8.61. The van der Waals surface area contributed by atoms with Crippen LogP contribution in [0.5, 0.6) is 0 Å². The number of nitrogens with zero attached hydrogens (tertiary/aromatic N) is 2. The van der Waals surface area contributed by atoms with Gasteiger partial charge in [-0.3, -0.25) is 9.69 Å². The third kappa shape index (κ3) is 2.67. The number of piperazine rings is 1. The molecule has 0 N–H and O–H groups in total. The van der Waals surface area contributed by atoms with Gasteiger partial charge in [0.2, 0.25) is 5.91 Å². The summed E-state index contributed by atoms with van der Waals surface area (Å²) in [5.41, 5.74) is 0. The predicted octanol–water partition coefficient (Wildman–Crippen LogP) is 2.60. The molecule has 0 aromatic rings. The molecule has 1 saturated heterocycles. The summed E-state index contributed by atoms with van der Waals surface area (Å²) in [6.07, 6.45) is 6.89. The highest BCUT2D eigenvalue weighted by Gasteiger charge is 2.51. The van der Waals surface area contributed by atoms with E-state index in [1.807, 2.05) is 0 Å². The van der Waals surface area contributed by atoms with Crippen LogP contribution in [0.3, 0.4) is 0 Å². The number of alkyl halides is 1. The highest BCUT2D eigenvalue weighted by molar-refractivity contribution is 9.09. The lowest BCUT2D eigenvalue weighted by atomic mass is 9.51. The number of hydrogen-bond acceptors (Lipinski definition) is 2. The summed E-state index contributed by atoms with van der Waals surface area (Å²) in [6, 6.07) is 0. The molecule has 0 radical (unpaired) electrons. The van der Waals surface area contributed by atoms with Gasteiger partial charge >= 0.3 is 0 Å². The van der Waals surface area contributed by atoms with Gasteiger partial charge in [0.1, 0.15) is 0 Å². The van der Waals surface area contributed by atoms with E-state index in [-0.39, 0.29) is 0 Å². The summed E-state index contributed by atoms with van der Waals surface area (Å²) >= 11 is 3.51. The highest BCUT2D eigenvalue weighted by atomic mass is 79.9. The van der Waals surface area contributed by atoms with Gasteiger partial charge < -0.3 is 4.90 Å². The Labute approximate surface area is 136 Å². The van der Waals surface area contributed by atoms with Crippen LogP contribution in [-0.4, -0.2) is 53.8 Å². The minimum atomic E-state index is 0.389. The van der Waals surface area contributed by atoms with Gasteiger partial charge in [0.25, 0.3) is 0 Å². The standard InChI is InChI=1S/C17H27BrN2O/c18-1-2-19-3-5-20(6-4-19)17(21)16-14-8-12-7-13(10-14)11-15(16)9-12/h12-16H,1-11H2. The number of amides is 1. The first-order chi connectivity index (χ1) is 10.2. The Morgan fingerprint density at radius 2 is 1.48 bits per heavy atom. The summed E-state index contributed by atoms with van der Waals surface area (Å²) in [6.45, 7) is 5.14. The van der Waals surface area contributed by atoms with E-state index in [9.17, 15) is 4.79 Å². The Hall–Kier alpha value is -0.0900. The molecular formula is C17H27BrN2O. The van der Waals surface area contributed by atoms with E-state index in [2.05, 4.69) is 25.7 Å². The van der Waals surface area contributed by atoms with Crippen LogP contribution in [0.25, 0.3) is 0 Å². The molecule has 0 unspecified atom stereocenters. The number of carbonyl (C=O) groups is 1. The first kappa shape index (κ1) is 14.5. The topological polar surface area (TPSA) is 23.6 Å². The zero-order valence-corrected chi connectivity index (χ0v) is 14.4. The maximum atomic E-state index is 13.1. The van der Waals surface area contributed by atoms with Crippen LogP contribution in [0.15, 0.2) is 0 Å². The van der Waals surface area contributed by atoms with Crippen molar-refractivity contribution in [1.82, 2.24) is 9.80 Å². The molecule has 0 spiro atoms. The van der Waals surface area contributed by atoms with E-state index < -0.39 is 0 Å². The molecule has 0 aromatic heterocycles. The van der Waals surface area contributed by atoms with Crippen molar-refractivity contribution in [1.29, 1.82) is 0 Å². The molecule has 1 heterocycles. The van der Waals surface area contributed by atoms with Crippen molar-refractivity contribution in [2.24, 2.45) is 29.6 Å². The minimum absolute atomic E-state index is 0.389. The fraction of sp³-hybridized carbons (Fsp3) is 0.941. The Kier molecular flexibility index (Phi) is 4.03. The number of halogens is 1. The monoisotopic (exact) mass is 354 g/mol. The zero-order chi connectivity index (χ0) is 14.4. The Morgan fingerprint density at radius 1 is 0.905 bits per heavy atom. The average Bonchev–Trinajstić information content (AvgIpc) is 2.47. The minimum Gasteiger partial charge on any atom is -0.340 e. The van der Waals surface area contributed by atoms with E-state index in [4.69, 9.17) is 0 Å². The lowest BCUT2D eigenvalue weighted by Crippen LogP contribution is -2.56. The molecular weight excluding hydrogens is 328 g/mol. The second kappa shape index (κ2) is 5.84. The largest absolute Gasteiger partial charge is 0.340 e. The zero-order valence-electron chi connectivity index (χ0n) is 12.8. The van der Waals surface area contributed by atoms with Crippen molar-refractivity contribution in [3.05, 3.63) is 0 Å². The molecule has 21 heavy (non-hydrogen) atoms. The first-order valence-electron chi connectivity index (χ1n) is 8.81. The molecule has 1 aliphatic heterocycles. The molecule has 4 aliphatic carbocycles. The molecule has 4 saturated carbocycles. The van der Waals surface area contributed by atoms with E-state index >= 15 is 0 Å². The summed E-state index contributed by atoms with van der Waals surface area (Å²) in [5, 5.41) is 1.04. The maximum Gasteiger partial charge on any atom is 0.226 e. The second-order valence-electron chi connectivity index (χ2n) is 7.81. The van der Waals surface area contributed by atoms with Crippen molar-refractivity contribution < 1.29 is 4.79 Å². The van der Waals surface area contributed by atoms with Crippen molar-refractivity contribution >= 4 is 21.8 Å². The van der Waals surface area contributed by atoms with Crippen molar-refractivity contribution in [3.63, 3.8) is 0 Å². The first-order valence-corrected chi connectivity index (χ1v) is 9.94. The summed E-state index contributed by atoms with van der Waals surface area (Å²) < 4.78 is 0. The lowest BCUT2D eigenvalue weighted by molar-refractivity contribution is -0.150. The van der Waals surface area contributed by atoms with Crippen molar-refractivity contribution in [2.75, 3.05) is 38.1 Å². The van der Waals surface area contributed by atoms with Gasteiger partial charge in [0.15, 0.2) is 0 Å². The van der Waals surface area contributed by atoms with E-state index in [1.165, 1.54) is 32.1 Å². The number of carbonyl (C=O) groups excluding carboxylic acids is 1. The van der Waals surface area contributed by atoms with Crippen LogP contribution in [0.4, 0.5) is 0 Å². The quantitative estimate of drug-likeness (QED) is 0.727. The molecule has 1 amide bonds. The van der Waals surface area contributed by atoms with Crippen molar-refractivity contribution in [2.45, 2.75) is 32.1 Å². The smallest absolute Gasteiger partial charge is 0.226 e. The van der Waals surface area contributed by atoms with E-state index in [1.54, 1.807) is 0 Å². The van der Waals surface area contributed by atoms with Crippen LogP contribution >= 0.6 is 15.9 Å². The van der Waals surface area contributed by atoms with Gasteiger partial charge in [0.05, 0.1) is 0 Å². The van der Waals surface area contributed by atoms with Gasteiger partial charge in [-0.2, -0.15) is 0 Å². The van der Waals surface area contributed by atoms with Gasteiger partial charge in [0, 0.05) is 44.0 Å². The molecule has 118 valence electrons. The molecule has 0 atom stereocenters. The fourth-order valence-electron chi connectivity index (χ4n) is 5.85. The van der Waals surface area contributed by atoms with Crippen LogP contribution in [0.2, 0.25) is 0 Å². The highest BCUT2D eigenvalue weighted by Crippen LogP contribution is 2.56. The Morgan fingerprint density at radius 3 is 2.00 bits per heavy atom. The van der Waals surface area contributed by atoms with Gasteiger partial charge in [-0.15, -0.1) is 0 Å². The molecule has 4 bridgehead atoms. The Bertz CT molecular complexity index is 378. The molecule has 3 nitrogen and oxygen atoms in total. The molecule has 5 fully saturated rings. The Balaban J connectivity index is 1.39. The van der Waals surface area contributed by atoms with Crippen LogP contribution in [-0.2, 0) is 4.79 Å². The summed E-state index contributed by atoms with van der Waals surface area (Å²) in [4.78, 5) is 17.7. The van der Waals surface area contributed by atoms with Gasteiger partial charge in [-0.25, -0.2) is 0 Å². The lowest BCUT2D eigenvalue weighted by Gasteiger charge is -2.54. The molecule has 5 aliphatic rings. The summed E-state index contributed by atoms with van der Waals surface area (Å²) in [7, 11) is 0. The van der Waals surface area contributed by atoms with Crippen LogP contribution in [0, 0.1) is 29.6 Å². The third-order valence-corrected chi connectivity index (χ3v) is 6.95. The molecule has 5 rings (SSSR count). The van der Waals surface area contributed by atoms with Gasteiger partial charge in [-0.1, -0.05) is 15.9 Å². The number of hydrogen-bond donors (Lipinski definition) is 0. The fourth-order valence-corrected chi connectivity index (χ4v) is 6.35. The van der Waals surface area contributed by atoms with Crippen molar-refractivity contribution in [3.8, 4) is 0 Å². The van der Waals surface area contributed by atoms with Gasteiger partial charge in [-0.05, 0) is 55.8 Å². The normalized spacial score (nSPS) is 42.5. The third-order valence-electron chi connectivity index (χ3n) is 6.60. The molecule has 0 aromatic carbocycles. The van der Waals surface area contributed by atoms with Crippen LogP contribution < -0.4 is 0 Å².